The zero-order chi connectivity index (χ0) is 16.4. The van der Waals surface area contributed by atoms with Crippen LogP contribution in [0, 0.1) is 15.2 Å². The van der Waals surface area contributed by atoms with E-state index in [1.165, 1.54) is 19.2 Å². The van der Waals surface area contributed by atoms with Crippen LogP contribution >= 0.6 is 22.6 Å². The topological polar surface area (TPSA) is 31.2 Å². The maximum absolute atomic E-state index is 14.1. The molecule has 0 N–H and O–H groups in total. The van der Waals surface area contributed by atoms with Crippen molar-refractivity contribution in [3.8, 4) is 17.0 Å². The Morgan fingerprint density at radius 2 is 1.82 bits per heavy atom. The molecule has 0 aliphatic rings. The molecule has 8 heteroatoms. The van der Waals surface area contributed by atoms with Crippen LogP contribution in [0.25, 0.3) is 11.3 Å². The molecule has 0 saturated heterocycles. The van der Waals surface area contributed by atoms with Gasteiger partial charge in [-0.2, -0.15) is 0 Å². The number of methoxy groups -OCH3 is 1. The third kappa shape index (κ3) is 3.26. The van der Waals surface area contributed by atoms with Crippen LogP contribution in [-0.4, -0.2) is 18.1 Å². The van der Waals surface area contributed by atoms with Crippen LogP contribution in [0.1, 0.15) is 0 Å². The average molecular weight is 427 g/mol. The van der Waals surface area contributed by atoms with Gasteiger partial charge in [0, 0.05) is 12.1 Å². The minimum atomic E-state index is -2.83. The summed E-state index contributed by atoms with van der Waals surface area (Å²) in [5, 5.41) is 0. The fourth-order valence-corrected chi connectivity index (χ4v) is 2.47. The fraction of sp³-hybridized carbons (Fsp3) is 0.214. The second-order valence-corrected chi connectivity index (χ2v) is 5.50. The average Bonchev–Trinajstić information content (AvgIpc) is 2.44. The van der Waals surface area contributed by atoms with Gasteiger partial charge in [-0.05, 0) is 34.7 Å². The van der Waals surface area contributed by atoms with Crippen molar-refractivity contribution < 1.29 is 22.3 Å². The highest BCUT2D eigenvalue weighted by Crippen LogP contribution is 2.29. The first kappa shape index (κ1) is 16.8. The highest BCUT2D eigenvalue weighted by Gasteiger charge is 2.20. The van der Waals surface area contributed by atoms with Gasteiger partial charge in [0.15, 0.2) is 0 Å². The van der Waals surface area contributed by atoms with Gasteiger partial charge >= 0.3 is 0 Å². The normalized spacial score (nSPS) is 11.0. The standard InChI is InChI=1S/C14H10F4INO2/c1-22-7-4-8(15)13(9(16)5-7)11-3-2-10(19)14(21)20(11)6-12(17)18/h2-5,12H,6H2,1H3. The Hall–Kier alpha value is -1.58. The van der Waals surface area contributed by atoms with Crippen LogP contribution in [0.2, 0.25) is 0 Å². The number of pyridine rings is 1. The van der Waals surface area contributed by atoms with E-state index in [1.807, 2.05) is 0 Å². The molecule has 0 radical (unpaired) electrons. The predicted octanol–water partition coefficient (Wildman–Crippen LogP) is 3.67. The van der Waals surface area contributed by atoms with Crippen molar-refractivity contribution in [1.82, 2.24) is 4.57 Å². The van der Waals surface area contributed by atoms with E-state index in [0.717, 1.165) is 12.1 Å². The van der Waals surface area contributed by atoms with Gasteiger partial charge in [0.05, 0.1) is 28.5 Å². The second-order valence-electron chi connectivity index (χ2n) is 4.34. The van der Waals surface area contributed by atoms with Gasteiger partial charge in [-0.1, -0.05) is 0 Å². The molecule has 0 spiro atoms. The summed E-state index contributed by atoms with van der Waals surface area (Å²) >= 11 is 1.68. The SMILES string of the molecule is COc1cc(F)c(-c2ccc(I)c(=O)n2CC(F)F)c(F)c1. The number of rotatable bonds is 4. The monoisotopic (exact) mass is 427 g/mol. The van der Waals surface area contributed by atoms with E-state index in [-0.39, 0.29) is 15.0 Å². The number of nitrogens with zero attached hydrogens (tertiary/aromatic N) is 1. The molecule has 0 fully saturated rings. The lowest BCUT2D eigenvalue weighted by atomic mass is 10.1. The van der Waals surface area contributed by atoms with Crippen molar-refractivity contribution in [3.63, 3.8) is 0 Å². The van der Waals surface area contributed by atoms with Crippen LogP contribution < -0.4 is 10.3 Å². The largest absolute Gasteiger partial charge is 0.497 e. The maximum atomic E-state index is 14.1. The molecule has 22 heavy (non-hydrogen) atoms. The molecular weight excluding hydrogens is 417 g/mol. The third-order valence-corrected chi connectivity index (χ3v) is 3.78. The number of alkyl halides is 2. The summed E-state index contributed by atoms with van der Waals surface area (Å²) in [6, 6.07) is 4.41. The van der Waals surface area contributed by atoms with Crippen LogP contribution in [0.5, 0.6) is 5.75 Å². The van der Waals surface area contributed by atoms with Gasteiger partial charge in [0.1, 0.15) is 17.4 Å². The Kier molecular flexibility index (Phi) is 5.09. The van der Waals surface area contributed by atoms with Crippen molar-refractivity contribution in [2.45, 2.75) is 13.0 Å². The molecule has 1 aromatic carbocycles. The fourth-order valence-electron chi connectivity index (χ4n) is 2.00. The van der Waals surface area contributed by atoms with E-state index >= 15 is 0 Å². The number of hydrogen-bond acceptors (Lipinski definition) is 2. The summed E-state index contributed by atoms with van der Waals surface area (Å²) < 4.78 is 59.2. The van der Waals surface area contributed by atoms with Gasteiger partial charge in [-0.3, -0.25) is 4.79 Å². The summed E-state index contributed by atoms with van der Waals surface area (Å²) in [6.07, 6.45) is -2.83. The third-order valence-electron chi connectivity index (χ3n) is 2.96. The molecule has 0 bridgehead atoms. The number of halogens is 5. The van der Waals surface area contributed by atoms with E-state index in [1.54, 1.807) is 22.6 Å². The molecule has 0 aliphatic carbocycles. The van der Waals surface area contributed by atoms with Gasteiger partial charge in [0.25, 0.3) is 12.0 Å². The summed E-state index contributed by atoms with van der Waals surface area (Å²) in [6.45, 7) is -0.948. The molecule has 118 valence electrons. The second kappa shape index (κ2) is 6.67. The van der Waals surface area contributed by atoms with Crippen molar-refractivity contribution in [2.75, 3.05) is 7.11 Å². The zero-order valence-electron chi connectivity index (χ0n) is 11.2. The first-order valence-corrected chi connectivity index (χ1v) is 7.14. The van der Waals surface area contributed by atoms with Gasteiger partial charge < -0.3 is 9.30 Å². The van der Waals surface area contributed by atoms with Crippen LogP contribution in [0.3, 0.4) is 0 Å². The Morgan fingerprint density at radius 1 is 1.23 bits per heavy atom. The molecule has 1 heterocycles. The maximum Gasteiger partial charge on any atom is 0.264 e. The molecule has 0 saturated carbocycles. The molecule has 3 nitrogen and oxygen atoms in total. The Morgan fingerprint density at radius 3 is 2.32 bits per heavy atom. The molecule has 1 aromatic heterocycles. The highest BCUT2D eigenvalue weighted by atomic mass is 127. The molecular formula is C14H10F4INO2. The number of benzene rings is 1. The lowest BCUT2D eigenvalue weighted by Crippen LogP contribution is -2.27. The first-order valence-electron chi connectivity index (χ1n) is 6.06. The molecule has 2 rings (SSSR count). The summed E-state index contributed by atoms with van der Waals surface area (Å²) in [5.41, 5.74) is -1.52. The van der Waals surface area contributed by atoms with Crippen LogP contribution in [-0.2, 0) is 6.54 Å². The minimum absolute atomic E-state index is 0.0491. The number of hydrogen-bond donors (Lipinski definition) is 0. The molecule has 2 aromatic rings. The molecule has 0 amide bonds. The van der Waals surface area contributed by atoms with Crippen molar-refractivity contribution in [2.24, 2.45) is 0 Å². The minimum Gasteiger partial charge on any atom is -0.497 e. The Bertz CT molecular complexity index is 738. The van der Waals surface area contributed by atoms with Crippen molar-refractivity contribution in [1.29, 1.82) is 0 Å². The van der Waals surface area contributed by atoms with E-state index in [2.05, 4.69) is 0 Å². The zero-order valence-corrected chi connectivity index (χ0v) is 13.4. The van der Waals surface area contributed by atoms with E-state index < -0.39 is 35.7 Å². The lowest BCUT2D eigenvalue weighted by Gasteiger charge is -2.15. The number of ether oxygens (including phenoxy) is 1. The predicted molar refractivity (Wildman–Crippen MR) is 81.3 cm³/mol. The van der Waals surface area contributed by atoms with Crippen molar-refractivity contribution >= 4 is 22.6 Å². The van der Waals surface area contributed by atoms with E-state index in [0.29, 0.717) is 4.57 Å². The first-order chi connectivity index (χ1) is 10.3. The quantitative estimate of drug-likeness (QED) is 0.551. The Balaban J connectivity index is 2.73. The Labute approximate surface area is 136 Å². The summed E-state index contributed by atoms with van der Waals surface area (Å²) in [5.74, 6) is -2.05. The lowest BCUT2D eigenvalue weighted by molar-refractivity contribution is 0.125. The number of aromatic nitrogens is 1. The van der Waals surface area contributed by atoms with Gasteiger partial charge in [0.2, 0.25) is 0 Å². The summed E-state index contributed by atoms with van der Waals surface area (Å²) in [4.78, 5) is 12.0. The molecule has 0 unspecified atom stereocenters. The highest BCUT2D eigenvalue weighted by molar-refractivity contribution is 14.1. The van der Waals surface area contributed by atoms with Crippen LogP contribution in [0.4, 0.5) is 17.6 Å². The molecule has 0 atom stereocenters. The summed E-state index contributed by atoms with van der Waals surface area (Å²) in [7, 11) is 1.24. The molecule has 0 aliphatic heterocycles. The van der Waals surface area contributed by atoms with Crippen LogP contribution in [0.15, 0.2) is 29.1 Å². The van der Waals surface area contributed by atoms with Gasteiger partial charge in [-0.15, -0.1) is 0 Å². The van der Waals surface area contributed by atoms with E-state index in [9.17, 15) is 22.4 Å². The van der Waals surface area contributed by atoms with E-state index in [4.69, 9.17) is 4.74 Å². The van der Waals surface area contributed by atoms with Crippen molar-refractivity contribution in [3.05, 3.63) is 49.8 Å². The smallest absolute Gasteiger partial charge is 0.264 e. The van der Waals surface area contributed by atoms with Gasteiger partial charge in [-0.25, -0.2) is 17.6 Å².